The van der Waals surface area contributed by atoms with Gasteiger partial charge in [-0.2, -0.15) is 0 Å². The summed E-state index contributed by atoms with van der Waals surface area (Å²) in [6.07, 6.45) is 0. The fourth-order valence-electron chi connectivity index (χ4n) is 2.84. The maximum absolute atomic E-state index is 12.5. The number of rotatable bonds is 5. The van der Waals surface area contributed by atoms with E-state index in [4.69, 9.17) is 4.42 Å². The van der Waals surface area contributed by atoms with Crippen LogP contribution in [0.2, 0.25) is 0 Å². The third-order valence-corrected chi connectivity index (χ3v) is 4.54. The molecule has 0 radical (unpaired) electrons. The van der Waals surface area contributed by atoms with Gasteiger partial charge in [-0.25, -0.2) is 0 Å². The summed E-state index contributed by atoms with van der Waals surface area (Å²) in [5.74, 6) is -1.21. The quantitative estimate of drug-likeness (QED) is 0.746. The van der Waals surface area contributed by atoms with Gasteiger partial charge in [0.25, 0.3) is 5.91 Å². The molecule has 2 aromatic carbocycles. The highest BCUT2D eigenvalue weighted by Crippen LogP contribution is 2.26. The second-order valence-corrected chi connectivity index (χ2v) is 6.24. The number of carboxylic acid groups (broad SMARTS) is 1. The molecular weight excluding hydrogens is 318 g/mol. The maximum atomic E-state index is 12.5. The maximum Gasteiger partial charge on any atom is 0.315 e. The van der Waals surface area contributed by atoms with Crippen molar-refractivity contribution in [1.29, 1.82) is 0 Å². The first-order valence-electron chi connectivity index (χ1n) is 7.99. The van der Waals surface area contributed by atoms with Crippen LogP contribution in [0.1, 0.15) is 28.6 Å². The summed E-state index contributed by atoms with van der Waals surface area (Å²) in [6, 6.07) is 16.3. The lowest BCUT2D eigenvalue weighted by Crippen LogP contribution is -2.44. The Hall–Kier alpha value is -3.08. The lowest BCUT2D eigenvalue weighted by Gasteiger charge is -2.25. The van der Waals surface area contributed by atoms with E-state index in [1.165, 1.54) is 0 Å². The Balaban J connectivity index is 1.84. The van der Waals surface area contributed by atoms with Crippen LogP contribution in [0.4, 0.5) is 0 Å². The van der Waals surface area contributed by atoms with E-state index in [0.29, 0.717) is 11.1 Å². The number of hydrogen-bond acceptors (Lipinski definition) is 3. The van der Waals surface area contributed by atoms with Crippen LogP contribution >= 0.6 is 0 Å². The van der Waals surface area contributed by atoms with Crippen molar-refractivity contribution >= 4 is 22.8 Å². The first-order valence-corrected chi connectivity index (χ1v) is 7.99. The number of furan rings is 1. The highest BCUT2D eigenvalue weighted by Gasteiger charge is 2.36. The molecule has 25 heavy (non-hydrogen) atoms. The van der Waals surface area contributed by atoms with Crippen LogP contribution in [0.5, 0.6) is 0 Å². The molecule has 0 spiro atoms. The van der Waals surface area contributed by atoms with Gasteiger partial charge in [-0.3, -0.25) is 9.59 Å². The molecule has 5 heteroatoms. The van der Waals surface area contributed by atoms with Gasteiger partial charge in [0.2, 0.25) is 0 Å². The summed E-state index contributed by atoms with van der Waals surface area (Å²) in [7, 11) is 0. The van der Waals surface area contributed by atoms with Crippen molar-refractivity contribution in [3.8, 4) is 0 Å². The topological polar surface area (TPSA) is 79.5 Å². The van der Waals surface area contributed by atoms with Crippen molar-refractivity contribution in [2.24, 2.45) is 0 Å². The average molecular weight is 337 g/mol. The summed E-state index contributed by atoms with van der Waals surface area (Å²) in [6.45, 7) is 3.37. The van der Waals surface area contributed by atoms with Crippen LogP contribution in [0.25, 0.3) is 11.0 Å². The molecule has 3 aromatic rings. The summed E-state index contributed by atoms with van der Waals surface area (Å²) >= 11 is 0. The lowest BCUT2D eigenvalue weighted by atomic mass is 9.82. The van der Waals surface area contributed by atoms with Gasteiger partial charge >= 0.3 is 5.97 Å². The largest absolute Gasteiger partial charge is 0.481 e. The molecule has 0 aliphatic rings. The zero-order valence-electron chi connectivity index (χ0n) is 14.1. The van der Waals surface area contributed by atoms with Gasteiger partial charge in [-0.15, -0.1) is 0 Å². The molecule has 2 N–H and O–H groups in total. The van der Waals surface area contributed by atoms with Crippen molar-refractivity contribution < 1.29 is 19.1 Å². The zero-order chi connectivity index (χ0) is 18.0. The van der Waals surface area contributed by atoms with Crippen LogP contribution < -0.4 is 5.32 Å². The van der Waals surface area contributed by atoms with E-state index in [9.17, 15) is 14.7 Å². The van der Waals surface area contributed by atoms with E-state index < -0.39 is 17.3 Å². The fraction of sp³-hybridized carbons (Fsp3) is 0.200. The molecule has 1 atom stereocenters. The van der Waals surface area contributed by atoms with Crippen molar-refractivity contribution in [1.82, 2.24) is 5.32 Å². The van der Waals surface area contributed by atoms with Crippen LogP contribution in [0.3, 0.4) is 0 Å². The number of nitrogens with one attached hydrogen (secondary N) is 1. The Morgan fingerprint density at radius 2 is 1.72 bits per heavy atom. The van der Waals surface area contributed by atoms with E-state index in [-0.39, 0.29) is 12.3 Å². The molecule has 0 aliphatic carbocycles. The van der Waals surface area contributed by atoms with E-state index in [1.807, 2.05) is 31.2 Å². The van der Waals surface area contributed by atoms with E-state index >= 15 is 0 Å². The lowest BCUT2D eigenvalue weighted by molar-refractivity contribution is -0.142. The minimum absolute atomic E-state index is 0.0400. The van der Waals surface area contributed by atoms with Gasteiger partial charge in [0.15, 0.2) is 5.76 Å². The van der Waals surface area contributed by atoms with Gasteiger partial charge in [-0.05, 0) is 25.5 Å². The van der Waals surface area contributed by atoms with Crippen molar-refractivity contribution in [3.63, 3.8) is 0 Å². The molecule has 1 heterocycles. The highest BCUT2D eigenvalue weighted by molar-refractivity contribution is 5.99. The summed E-state index contributed by atoms with van der Waals surface area (Å²) in [5, 5.41) is 13.2. The van der Waals surface area contributed by atoms with Gasteiger partial charge in [0.05, 0.1) is 0 Å². The zero-order valence-corrected chi connectivity index (χ0v) is 14.1. The summed E-state index contributed by atoms with van der Waals surface area (Å²) in [4.78, 5) is 24.3. The number of carbonyl (C=O) groups is 2. The number of benzene rings is 2. The Bertz CT molecular complexity index is 929. The standard InChI is InChI=1S/C20H19NO4/c1-13-15-10-6-7-11-16(15)25-17(13)18(22)21-12-20(2,19(23)24)14-8-4-3-5-9-14/h3-11H,12H2,1-2H3,(H,21,22)(H,23,24). The van der Waals surface area contributed by atoms with E-state index in [0.717, 1.165) is 10.9 Å². The highest BCUT2D eigenvalue weighted by atomic mass is 16.4. The Kier molecular flexibility index (Phi) is 4.31. The van der Waals surface area contributed by atoms with Crippen molar-refractivity contribution in [3.05, 3.63) is 71.5 Å². The van der Waals surface area contributed by atoms with Gasteiger partial charge in [0.1, 0.15) is 11.0 Å². The minimum atomic E-state index is -1.23. The first kappa shape index (κ1) is 16.8. The first-order chi connectivity index (χ1) is 11.9. The van der Waals surface area contributed by atoms with Gasteiger partial charge in [-0.1, -0.05) is 48.5 Å². The number of fused-ring (bicyclic) bond motifs is 1. The molecule has 3 rings (SSSR count). The summed E-state index contributed by atoms with van der Waals surface area (Å²) < 4.78 is 5.63. The average Bonchev–Trinajstić information content (AvgIpc) is 2.97. The molecule has 0 saturated heterocycles. The minimum Gasteiger partial charge on any atom is -0.481 e. The van der Waals surface area contributed by atoms with E-state index in [2.05, 4.69) is 5.32 Å². The van der Waals surface area contributed by atoms with Gasteiger partial charge < -0.3 is 14.8 Å². The normalized spacial score (nSPS) is 13.4. The number of hydrogen-bond donors (Lipinski definition) is 2. The number of carboxylic acids is 1. The molecule has 1 amide bonds. The SMILES string of the molecule is Cc1c(C(=O)NCC(C)(C(=O)O)c2ccccc2)oc2ccccc12. The molecule has 128 valence electrons. The Morgan fingerprint density at radius 3 is 2.36 bits per heavy atom. The Labute approximate surface area is 145 Å². The predicted molar refractivity (Wildman–Crippen MR) is 94.7 cm³/mol. The third-order valence-electron chi connectivity index (χ3n) is 4.54. The smallest absolute Gasteiger partial charge is 0.315 e. The molecule has 0 saturated carbocycles. The van der Waals surface area contributed by atoms with Crippen molar-refractivity contribution in [2.45, 2.75) is 19.3 Å². The Morgan fingerprint density at radius 1 is 1.08 bits per heavy atom. The molecule has 5 nitrogen and oxygen atoms in total. The number of aliphatic carboxylic acids is 1. The number of carbonyl (C=O) groups excluding carboxylic acids is 1. The molecule has 0 aliphatic heterocycles. The van der Waals surface area contributed by atoms with Gasteiger partial charge in [0, 0.05) is 17.5 Å². The number of para-hydroxylation sites is 1. The second-order valence-electron chi connectivity index (χ2n) is 6.24. The molecular formula is C20H19NO4. The van der Waals surface area contributed by atoms with Crippen LogP contribution in [-0.2, 0) is 10.2 Å². The number of amides is 1. The fourth-order valence-corrected chi connectivity index (χ4v) is 2.84. The van der Waals surface area contributed by atoms with Crippen molar-refractivity contribution in [2.75, 3.05) is 6.54 Å². The van der Waals surface area contributed by atoms with Crippen LogP contribution in [0, 0.1) is 6.92 Å². The second kappa shape index (κ2) is 6.43. The third kappa shape index (κ3) is 3.01. The van der Waals surface area contributed by atoms with Crippen LogP contribution in [-0.4, -0.2) is 23.5 Å². The molecule has 1 unspecified atom stereocenters. The summed E-state index contributed by atoms with van der Waals surface area (Å²) in [5.41, 5.74) is 0.778. The number of aryl methyl sites for hydroxylation is 1. The molecule has 0 bridgehead atoms. The van der Waals surface area contributed by atoms with Crippen LogP contribution in [0.15, 0.2) is 59.0 Å². The van der Waals surface area contributed by atoms with E-state index in [1.54, 1.807) is 37.3 Å². The monoisotopic (exact) mass is 337 g/mol. The molecule has 0 fully saturated rings. The predicted octanol–water partition coefficient (Wildman–Crippen LogP) is 3.51. The molecule has 1 aromatic heterocycles.